The summed E-state index contributed by atoms with van der Waals surface area (Å²) >= 11 is 0. The van der Waals surface area contributed by atoms with Crippen LogP contribution in [0.5, 0.6) is 5.75 Å². The van der Waals surface area contributed by atoms with E-state index in [4.69, 9.17) is 9.84 Å². The van der Waals surface area contributed by atoms with Crippen molar-refractivity contribution >= 4 is 11.5 Å². The fourth-order valence-corrected chi connectivity index (χ4v) is 2.08. The Balaban J connectivity index is 3.12. The summed E-state index contributed by atoms with van der Waals surface area (Å²) in [5, 5.41) is 8.98. The van der Waals surface area contributed by atoms with Gasteiger partial charge in [-0.15, -0.1) is 0 Å². The van der Waals surface area contributed by atoms with Gasteiger partial charge in [-0.1, -0.05) is 26.0 Å². The van der Waals surface area contributed by atoms with E-state index in [-0.39, 0.29) is 5.92 Å². The summed E-state index contributed by atoms with van der Waals surface area (Å²) in [6, 6.07) is 7.53. The highest BCUT2D eigenvalue weighted by atomic mass is 16.5. The predicted octanol–water partition coefficient (Wildman–Crippen LogP) is 3.60. The molecule has 1 aromatic carbocycles. The van der Waals surface area contributed by atoms with Gasteiger partial charge in [0, 0.05) is 6.08 Å². The van der Waals surface area contributed by atoms with Crippen LogP contribution >= 0.6 is 0 Å². The zero-order valence-electron chi connectivity index (χ0n) is 11.1. The second kappa shape index (κ2) is 6.84. The Morgan fingerprint density at radius 3 is 2.22 bits per heavy atom. The van der Waals surface area contributed by atoms with Gasteiger partial charge in [0.2, 0.25) is 0 Å². The third-order valence-electron chi connectivity index (χ3n) is 3.13. The molecular weight excluding hydrogens is 228 g/mol. The Labute approximate surface area is 108 Å². The number of aliphatic carboxylic acids is 1. The third-order valence-corrected chi connectivity index (χ3v) is 3.13. The lowest BCUT2D eigenvalue weighted by Crippen LogP contribution is -2.04. The Morgan fingerprint density at radius 2 is 1.83 bits per heavy atom. The summed E-state index contributed by atoms with van der Waals surface area (Å²) in [6.07, 6.45) is 3.18. The molecule has 0 aliphatic carbocycles. The maximum atomic E-state index is 10.9. The van der Waals surface area contributed by atoms with Crippen LogP contribution in [0.4, 0.5) is 0 Å². The van der Waals surface area contributed by atoms with Crippen molar-refractivity contribution in [1.29, 1.82) is 0 Å². The number of carbonyl (C=O) groups is 1. The van der Waals surface area contributed by atoms with Crippen molar-refractivity contribution < 1.29 is 14.6 Å². The number of hydrogen-bond donors (Lipinski definition) is 1. The predicted molar refractivity (Wildman–Crippen MR) is 72.7 cm³/mol. The average molecular weight is 248 g/mol. The molecule has 0 aliphatic heterocycles. The van der Waals surface area contributed by atoms with Gasteiger partial charge in [0.15, 0.2) is 0 Å². The topological polar surface area (TPSA) is 46.5 Å². The summed E-state index contributed by atoms with van der Waals surface area (Å²) in [4.78, 5) is 10.9. The van der Waals surface area contributed by atoms with Gasteiger partial charge in [0.05, 0.1) is 7.11 Å². The second-order valence-electron chi connectivity index (χ2n) is 4.18. The zero-order chi connectivity index (χ0) is 13.5. The summed E-state index contributed by atoms with van der Waals surface area (Å²) in [7, 11) is 1.61. The standard InChI is InChI=1S/C15H20O3/c1-4-11(5-2)14(10-15(16)17)12-6-8-13(18-3)9-7-12/h6-11H,4-5H2,1-3H3,(H,16,17)/b14-10+. The maximum Gasteiger partial charge on any atom is 0.328 e. The zero-order valence-corrected chi connectivity index (χ0v) is 11.1. The Morgan fingerprint density at radius 1 is 1.28 bits per heavy atom. The summed E-state index contributed by atoms with van der Waals surface area (Å²) in [5.74, 6) is 0.153. The van der Waals surface area contributed by atoms with E-state index < -0.39 is 5.97 Å². The number of ether oxygens (including phenoxy) is 1. The second-order valence-corrected chi connectivity index (χ2v) is 4.18. The monoisotopic (exact) mass is 248 g/mol. The normalized spacial score (nSPS) is 11.7. The molecule has 0 aromatic heterocycles. The molecule has 18 heavy (non-hydrogen) atoms. The molecule has 1 aromatic rings. The van der Waals surface area contributed by atoms with E-state index in [1.54, 1.807) is 7.11 Å². The van der Waals surface area contributed by atoms with Crippen LogP contribution in [-0.2, 0) is 4.79 Å². The lowest BCUT2D eigenvalue weighted by atomic mass is 9.88. The number of carboxylic acids is 1. The van der Waals surface area contributed by atoms with Gasteiger partial charge < -0.3 is 9.84 Å². The molecule has 0 aliphatic rings. The van der Waals surface area contributed by atoms with Gasteiger partial charge in [-0.05, 0) is 42.0 Å². The van der Waals surface area contributed by atoms with Crippen molar-refractivity contribution in [3.8, 4) is 5.75 Å². The van der Waals surface area contributed by atoms with Gasteiger partial charge >= 0.3 is 5.97 Å². The van der Waals surface area contributed by atoms with Crippen molar-refractivity contribution in [2.24, 2.45) is 5.92 Å². The van der Waals surface area contributed by atoms with Gasteiger partial charge in [0.1, 0.15) is 5.75 Å². The van der Waals surface area contributed by atoms with Gasteiger partial charge in [0.25, 0.3) is 0 Å². The molecule has 0 spiro atoms. The maximum absolute atomic E-state index is 10.9. The van der Waals surface area contributed by atoms with Crippen LogP contribution in [0.1, 0.15) is 32.3 Å². The molecule has 0 bridgehead atoms. The van der Waals surface area contributed by atoms with Crippen molar-refractivity contribution in [1.82, 2.24) is 0 Å². The van der Waals surface area contributed by atoms with E-state index in [1.807, 2.05) is 24.3 Å². The number of rotatable bonds is 6. The number of carboxylic acid groups (broad SMARTS) is 1. The van der Waals surface area contributed by atoms with E-state index >= 15 is 0 Å². The van der Waals surface area contributed by atoms with Crippen LogP contribution in [0.3, 0.4) is 0 Å². The molecule has 0 saturated carbocycles. The van der Waals surface area contributed by atoms with E-state index in [1.165, 1.54) is 6.08 Å². The Hall–Kier alpha value is -1.77. The third kappa shape index (κ3) is 3.62. The Bertz CT molecular complexity index is 414. The first-order valence-corrected chi connectivity index (χ1v) is 6.21. The van der Waals surface area contributed by atoms with Crippen LogP contribution in [0, 0.1) is 5.92 Å². The van der Waals surface area contributed by atoms with Gasteiger partial charge in [-0.3, -0.25) is 0 Å². The van der Waals surface area contributed by atoms with Gasteiger partial charge in [-0.2, -0.15) is 0 Å². The van der Waals surface area contributed by atoms with Crippen LogP contribution in [0.25, 0.3) is 5.57 Å². The SMILES string of the molecule is CCC(CC)/C(=C\C(=O)O)c1ccc(OC)cc1. The lowest BCUT2D eigenvalue weighted by molar-refractivity contribution is -0.131. The highest BCUT2D eigenvalue weighted by molar-refractivity contribution is 5.90. The van der Waals surface area contributed by atoms with Crippen LogP contribution in [0.15, 0.2) is 30.3 Å². The molecular formula is C15H20O3. The number of benzene rings is 1. The van der Waals surface area contributed by atoms with Crippen molar-refractivity contribution in [2.45, 2.75) is 26.7 Å². The summed E-state index contributed by atoms with van der Waals surface area (Å²) in [6.45, 7) is 4.15. The molecule has 3 nitrogen and oxygen atoms in total. The molecule has 3 heteroatoms. The highest BCUT2D eigenvalue weighted by Crippen LogP contribution is 2.29. The van der Waals surface area contributed by atoms with Crippen LogP contribution in [-0.4, -0.2) is 18.2 Å². The summed E-state index contributed by atoms with van der Waals surface area (Å²) in [5.41, 5.74) is 1.84. The molecule has 0 radical (unpaired) electrons. The molecule has 0 fully saturated rings. The Kier molecular flexibility index (Phi) is 5.43. The molecule has 0 atom stereocenters. The molecule has 0 unspecified atom stereocenters. The highest BCUT2D eigenvalue weighted by Gasteiger charge is 2.14. The molecule has 0 amide bonds. The molecule has 0 heterocycles. The first-order chi connectivity index (χ1) is 8.62. The van der Waals surface area contributed by atoms with Crippen LogP contribution in [0.2, 0.25) is 0 Å². The van der Waals surface area contributed by atoms with Crippen molar-refractivity contribution in [3.63, 3.8) is 0 Å². The lowest BCUT2D eigenvalue weighted by Gasteiger charge is -2.17. The largest absolute Gasteiger partial charge is 0.497 e. The molecule has 1 rings (SSSR count). The minimum absolute atomic E-state index is 0.273. The van der Waals surface area contributed by atoms with Gasteiger partial charge in [-0.25, -0.2) is 4.79 Å². The first-order valence-electron chi connectivity index (χ1n) is 6.21. The number of hydrogen-bond acceptors (Lipinski definition) is 2. The van der Waals surface area contributed by atoms with Crippen molar-refractivity contribution in [3.05, 3.63) is 35.9 Å². The number of methoxy groups -OCH3 is 1. The fraction of sp³-hybridized carbons (Fsp3) is 0.400. The van der Waals surface area contributed by atoms with E-state index in [9.17, 15) is 4.79 Å². The van der Waals surface area contributed by atoms with E-state index in [0.717, 1.165) is 29.7 Å². The van der Waals surface area contributed by atoms with E-state index in [2.05, 4.69) is 13.8 Å². The average Bonchev–Trinajstić information content (AvgIpc) is 2.38. The molecule has 0 saturated heterocycles. The van der Waals surface area contributed by atoms with Crippen molar-refractivity contribution in [2.75, 3.05) is 7.11 Å². The minimum atomic E-state index is -0.896. The van der Waals surface area contributed by atoms with E-state index in [0.29, 0.717) is 0 Å². The van der Waals surface area contributed by atoms with Crippen LogP contribution < -0.4 is 4.74 Å². The smallest absolute Gasteiger partial charge is 0.328 e. The fourth-order valence-electron chi connectivity index (χ4n) is 2.08. The summed E-state index contributed by atoms with van der Waals surface area (Å²) < 4.78 is 5.11. The number of allylic oxidation sites excluding steroid dienone is 1. The quantitative estimate of drug-likeness (QED) is 0.782. The molecule has 1 N–H and O–H groups in total. The molecule has 98 valence electrons. The minimum Gasteiger partial charge on any atom is -0.497 e. The first kappa shape index (κ1) is 14.3.